The average Bonchev–Trinajstić information content (AvgIpc) is 2.36. The minimum absolute atomic E-state index is 0.0701. The molecule has 0 aliphatic carbocycles. The molecule has 1 heterocycles. The number of hydrogen-bond acceptors (Lipinski definition) is 3. The number of carbonyl (C=O) groups is 2. The third kappa shape index (κ3) is 3.26. The lowest BCUT2D eigenvalue weighted by molar-refractivity contribution is -0.131. The predicted octanol–water partition coefficient (Wildman–Crippen LogP) is 1.37. The van der Waals surface area contributed by atoms with Gasteiger partial charge in [-0.1, -0.05) is 23.7 Å². The van der Waals surface area contributed by atoms with Crippen molar-refractivity contribution in [3.63, 3.8) is 0 Å². The van der Waals surface area contributed by atoms with Crippen LogP contribution in [0.15, 0.2) is 24.3 Å². The number of hydrogen-bond donors (Lipinski definition) is 2. The monoisotopic (exact) mass is 280 g/mol. The van der Waals surface area contributed by atoms with Crippen molar-refractivity contribution in [2.24, 2.45) is 0 Å². The molecule has 0 aromatic heterocycles. The third-order valence-electron chi connectivity index (χ3n) is 2.78. The molecule has 0 unspecified atom stereocenters. The summed E-state index contributed by atoms with van der Waals surface area (Å²) in [6.45, 7) is 1.41. The van der Waals surface area contributed by atoms with Gasteiger partial charge in [-0.2, -0.15) is 0 Å². The predicted molar refractivity (Wildman–Crippen MR) is 73.3 cm³/mol. The van der Waals surface area contributed by atoms with Crippen LogP contribution in [0.4, 0.5) is 5.69 Å². The molecule has 0 atom stereocenters. The normalized spacial score (nSPS) is 15.6. The first-order valence-electron chi connectivity index (χ1n) is 5.79. The summed E-state index contributed by atoms with van der Waals surface area (Å²) in [5.74, 6) is -1.10. The highest BCUT2D eigenvalue weighted by molar-refractivity contribution is 6.33. The van der Waals surface area contributed by atoms with E-state index in [2.05, 4.69) is 5.32 Å². The molecule has 1 saturated heterocycles. The number of nitrogens with zero attached hydrogens (tertiary/aromatic N) is 1. The Labute approximate surface area is 115 Å². The molecule has 2 N–H and O–H groups in total. The molecule has 1 aliphatic heterocycles. The maximum Gasteiger partial charge on any atom is 0.328 e. The van der Waals surface area contributed by atoms with Crippen LogP contribution in [0.25, 0.3) is 6.08 Å². The molecule has 1 amide bonds. The second-order valence-electron chi connectivity index (χ2n) is 4.12. The minimum Gasteiger partial charge on any atom is -0.478 e. The maximum absolute atomic E-state index is 11.4. The number of para-hydroxylation sites is 1. The van der Waals surface area contributed by atoms with Gasteiger partial charge in [0.2, 0.25) is 5.91 Å². The van der Waals surface area contributed by atoms with Crippen LogP contribution >= 0.6 is 11.6 Å². The minimum atomic E-state index is -1.03. The van der Waals surface area contributed by atoms with Gasteiger partial charge in [0.1, 0.15) is 0 Å². The number of amides is 1. The van der Waals surface area contributed by atoms with E-state index < -0.39 is 5.97 Å². The van der Waals surface area contributed by atoms with E-state index in [0.717, 1.165) is 6.08 Å². The molecule has 0 spiro atoms. The highest BCUT2D eigenvalue weighted by atomic mass is 35.5. The number of rotatable bonds is 3. The molecule has 0 saturated carbocycles. The highest BCUT2D eigenvalue weighted by Crippen LogP contribution is 2.31. The van der Waals surface area contributed by atoms with E-state index in [1.165, 1.54) is 6.08 Å². The molecular formula is C13H13ClN2O3. The van der Waals surface area contributed by atoms with Gasteiger partial charge in [0.05, 0.1) is 17.3 Å². The summed E-state index contributed by atoms with van der Waals surface area (Å²) < 4.78 is 0. The van der Waals surface area contributed by atoms with Crippen LogP contribution < -0.4 is 10.2 Å². The molecule has 19 heavy (non-hydrogen) atoms. The molecule has 5 nitrogen and oxygen atoms in total. The smallest absolute Gasteiger partial charge is 0.328 e. The number of benzene rings is 1. The number of anilines is 1. The molecule has 0 radical (unpaired) electrons. The zero-order valence-corrected chi connectivity index (χ0v) is 10.9. The highest BCUT2D eigenvalue weighted by Gasteiger charge is 2.20. The van der Waals surface area contributed by atoms with E-state index in [-0.39, 0.29) is 12.5 Å². The first-order chi connectivity index (χ1) is 9.08. The number of aliphatic carboxylic acids is 1. The van der Waals surface area contributed by atoms with Gasteiger partial charge in [0, 0.05) is 19.2 Å². The Morgan fingerprint density at radius 2 is 2.26 bits per heavy atom. The van der Waals surface area contributed by atoms with Crippen LogP contribution in [0, 0.1) is 0 Å². The summed E-state index contributed by atoms with van der Waals surface area (Å²) in [6.07, 6.45) is 2.54. The van der Waals surface area contributed by atoms with Crippen LogP contribution in [-0.4, -0.2) is 36.6 Å². The number of halogens is 1. The molecule has 0 bridgehead atoms. The van der Waals surface area contributed by atoms with Gasteiger partial charge >= 0.3 is 5.97 Å². The van der Waals surface area contributed by atoms with Crippen molar-refractivity contribution in [3.8, 4) is 0 Å². The van der Waals surface area contributed by atoms with Gasteiger partial charge in [0.25, 0.3) is 0 Å². The topological polar surface area (TPSA) is 69.6 Å². The molecule has 1 aromatic rings. The van der Waals surface area contributed by atoms with E-state index in [1.807, 2.05) is 4.90 Å². The quantitative estimate of drug-likeness (QED) is 0.821. The van der Waals surface area contributed by atoms with Gasteiger partial charge in [-0.25, -0.2) is 4.79 Å². The van der Waals surface area contributed by atoms with Gasteiger partial charge in [-0.05, 0) is 17.7 Å². The van der Waals surface area contributed by atoms with Gasteiger partial charge in [-0.3, -0.25) is 4.79 Å². The molecule has 100 valence electrons. The number of nitrogens with one attached hydrogen (secondary N) is 1. The molecule has 1 aromatic carbocycles. The molecule has 1 aliphatic rings. The number of carboxylic acid groups (broad SMARTS) is 1. The van der Waals surface area contributed by atoms with E-state index in [0.29, 0.717) is 29.4 Å². The van der Waals surface area contributed by atoms with Gasteiger partial charge < -0.3 is 15.3 Å². The van der Waals surface area contributed by atoms with Gasteiger partial charge in [-0.15, -0.1) is 0 Å². The fraction of sp³-hybridized carbons (Fsp3) is 0.231. The maximum atomic E-state index is 11.4. The Balaban J connectivity index is 2.37. The van der Waals surface area contributed by atoms with Crippen LogP contribution in [0.3, 0.4) is 0 Å². The van der Waals surface area contributed by atoms with E-state index in [9.17, 15) is 9.59 Å². The summed E-state index contributed by atoms with van der Waals surface area (Å²) in [5, 5.41) is 11.9. The Kier molecular flexibility index (Phi) is 4.06. The molecular weight excluding hydrogens is 268 g/mol. The molecule has 6 heteroatoms. The fourth-order valence-corrected chi connectivity index (χ4v) is 2.29. The number of piperazine rings is 1. The lowest BCUT2D eigenvalue weighted by Crippen LogP contribution is -2.48. The zero-order valence-electron chi connectivity index (χ0n) is 10.1. The van der Waals surface area contributed by atoms with Crippen LogP contribution in [0.5, 0.6) is 0 Å². The van der Waals surface area contributed by atoms with Crippen LogP contribution in [0.1, 0.15) is 5.56 Å². The Morgan fingerprint density at radius 3 is 2.95 bits per heavy atom. The van der Waals surface area contributed by atoms with Crippen LogP contribution in [-0.2, 0) is 9.59 Å². The summed E-state index contributed by atoms with van der Waals surface area (Å²) in [7, 11) is 0. The first-order valence-corrected chi connectivity index (χ1v) is 6.17. The largest absolute Gasteiger partial charge is 0.478 e. The van der Waals surface area contributed by atoms with E-state index >= 15 is 0 Å². The van der Waals surface area contributed by atoms with Crippen molar-refractivity contribution >= 4 is 35.2 Å². The fourth-order valence-electron chi connectivity index (χ4n) is 1.99. The summed E-state index contributed by atoms with van der Waals surface area (Å²) in [5.41, 5.74) is 1.38. The molecule has 2 rings (SSSR count). The Morgan fingerprint density at radius 1 is 1.47 bits per heavy atom. The van der Waals surface area contributed by atoms with Crippen molar-refractivity contribution in [3.05, 3.63) is 34.9 Å². The number of carboxylic acids is 1. The Hall–Kier alpha value is -2.01. The Bertz CT molecular complexity index is 543. The van der Waals surface area contributed by atoms with Crippen LogP contribution in [0.2, 0.25) is 5.02 Å². The summed E-state index contributed by atoms with van der Waals surface area (Å²) in [4.78, 5) is 23.9. The lowest BCUT2D eigenvalue weighted by Gasteiger charge is -2.30. The van der Waals surface area contributed by atoms with E-state index in [4.69, 9.17) is 16.7 Å². The standard InChI is InChI=1S/C13H13ClN2O3/c14-10-3-1-2-9(4-5-12(18)19)13(10)16-7-6-15-11(17)8-16/h1-5H,6-8H2,(H,15,17)(H,18,19)/b5-4+. The second kappa shape index (κ2) is 5.75. The SMILES string of the molecule is O=C(O)/C=C/c1cccc(Cl)c1N1CCNC(=O)C1. The zero-order chi connectivity index (χ0) is 13.8. The van der Waals surface area contributed by atoms with Gasteiger partial charge in [0.15, 0.2) is 0 Å². The van der Waals surface area contributed by atoms with E-state index in [1.54, 1.807) is 18.2 Å². The summed E-state index contributed by atoms with van der Waals surface area (Å²) >= 11 is 6.17. The van der Waals surface area contributed by atoms with Crippen molar-refractivity contribution in [2.75, 3.05) is 24.5 Å². The van der Waals surface area contributed by atoms with Crippen molar-refractivity contribution in [1.29, 1.82) is 0 Å². The lowest BCUT2D eigenvalue weighted by atomic mass is 10.1. The van der Waals surface area contributed by atoms with Crippen molar-refractivity contribution < 1.29 is 14.7 Å². The number of carbonyl (C=O) groups excluding carboxylic acids is 1. The average molecular weight is 281 g/mol. The van der Waals surface area contributed by atoms with Crippen molar-refractivity contribution in [2.45, 2.75) is 0 Å². The summed E-state index contributed by atoms with van der Waals surface area (Å²) in [6, 6.07) is 5.24. The third-order valence-corrected chi connectivity index (χ3v) is 3.08. The molecule has 1 fully saturated rings. The second-order valence-corrected chi connectivity index (χ2v) is 4.53. The first kappa shape index (κ1) is 13.4. The van der Waals surface area contributed by atoms with Crippen molar-refractivity contribution in [1.82, 2.24) is 5.32 Å².